The monoisotopic (exact) mass is 355 g/mol. The van der Waals surface area contributed by atoms with Crippen LogP contribution in [0.3, 0.4) is 0 Å². The van der Waals surface area contributed by atoms with Gasteiger partial charge in [0.25, 0.3) is 0 Å². The van der Waals surface area contributed by atoms with E-state index >= 15 is 0 Å². The maximum Gasteiger partial charge on any atom is 0.158 e. The molecule has 140 valence electrons. The van der Waals surface area contributed by atoms with Crippen LogP contribution in [0.15, 0.2) is 37.3 Å². The second kappa shape index (κ2) is 7.37. The highest BCUT2D eigenvalue weighted by molar-refractivity contribution is 5.86. The zero-order chi connectivity index (χ0) is 18.8. The molecule has 0 radical (unpaired) electrons. The van der Waals surface area contributed by atoms with Crippen LogP contribution in [0.25, 0.3) is 11.2 Å². The molecule has 1 aliphatic rings. The van der Waals surface area contributed by atoms with Crippen molar-refractivity contribution in [1.29, 1.82) is 0 Å². The summed E-state index contributed by atoms with van der Waals surface area (Å²) in [6.07, 6.45) is 5.56. The van der Waals surface area contributed by atoms with E-state index in [1.54, 1.807) is 0 Å². The van der Waals surface area contributed by atoms with Crippen molar-refractivity contribution in [1.82, 2.24) is 25.3 Å². The molecule has 1 aliphatic heterocycles. The largest absolute Gasteiger partial charge is 0.363 e. The number of H-pyrrole nitrogens is 1. The van der Waals surface area contributed by atoms with Gasteiger partial charge in [0.2, 0.25) is 0 Å². The van der Waals surface area contributed by atoms with Crippen LogP contribution >= 0.6 is 0 Å². The third kappa shape index (κ3) is 3.53. The lowest BCUT2D eigenvalue weighted by atomic mass is 10.1. The molecule has 2 aromatic heterocycles. The first-order valence-corrected chi connectivity index (χ1v) is 9.11. The second-order valence-corrected chi connectivity index (χ2v) is 7.26. The highest BCUT2D eigenvalue weighted by atomic mass is 15.4. The standard InChI is InChI=1S/C19H29N7/c1-7-13(4)26-14(5)10-25(11-15(26)6)17-9-21-19-18(22-17)16(8-20-19)24-23-12(2)3/h7-9,12,14-15,23-24H,1,4,10-11H2,2-3,5-6H3,(H,20,21)/t14-,15+. The number of piperazine rings is 1. The van der Waals surface area contributed by atoms with Gasteiger partial charge < -0.3 is 20.2 Å². The van der Waals surface area contributed by atoms with E-state index in [9.17, 15) is 0 Å². The minimum Gasteiger partial charge on any atom is -0.363 e. The third-order valence-corrected chi connectivity index (χ3v) is 4.67. The summed E-state index contributed by atoms with van der Waals surface area (Å²) >= 11 is 0. The van der Waals surface area contributed by atoms with E-state index in [0.717, 1.165) is 41.5 Å². The molecule has 0 unspecified atom stereocenters. The van der Waals surface area contributed by atoms with Gasteiger partial charge in [-0.15, -0.1) is 0 Å². The summed E-state index contributed by atoms with van der Waals surface area (Å²) in [6.45, 7) is 18.3. The number of hydrogen-bond donors (Lipinski definition) is 3. The summed E-state index contributed by atoms with van der Waals surface area (Å²) in [5, 5.41) is 0. The fraction of sp³-hybridized carbons (Fsp3) is 0.474. The summed E-state index contributed by atoms with van der Waals surface area (Å²) in [4.78, 5) is 17.2. The van der Waals surface area contributed by atoms with Crippen LogP contribution in [0.5, 0.6) is 0 Å². The molecular weight excluding hydrogens is 326 g/mol. The Morgan fingerprint density at radius 2 is 2.04 bits per heavy atom. The highest BCUT2D eigenvalue weighted by Crippen LogP contribution is 2.26. The predicted octanol–water partition coefficient (Wildman–Crippen LogP) is 2.88. The highest BCUT2D eigenvalue weighted by Gasteiger charge is 2.30. The van der Waals surface area contributed by atoms with Crippen molar-refractivity contribution in [2.45, 2.75) is 45.8 Å². The van der Waals surface area contributed by atoms with Crippen molar-refractivity contribution >= 4 is 22.7 Å². The Labute approximate surface area is 155 Å². The van der Waals surface area contributed by atoms with E-state index in [1.165, 1.54) is 0 Å². The minimum absolute atomic E-state index is 0.323. The van der Waals surface area contributed by atoms with Gasteiger partial charge in [-0.1, -0.05) is 13.2 Å². The maximum atomic E-state index is 4.86. The lowest BCUT2D eigenvalue weighted by Crippen LogP contribution is -2.56. The Balaban J connectivity index is 1.83. The molecular formula is C19H29N7. The number of allylic oxidation sites excluding steroid dienone is 1. The molecule has 7 nitrogen and oxygen atoms in total. The summed E-state index contributed by atoms with van der Waals surface area (Å²) in [5.74, 6) is 0.896. The molecule has 0 amide bonds. The van der Waals surface area contributed by atoms with E-state index in [0.29, 0.717) is 18.1 Å². The van der Waals surface area contributed by atoms with E-state index in [-0.39, 0.29) is 0 Å². The van der Waals surface area contributed by atoms with Gasteiger partial charge in [0.15, 0.2) is 5.65 Å². The normalized spacial score (nSPS) is 20.7. The lowest BCUT2D eigenvalue weighted by molar-refractivity contribution is 0.185. The fourth-order valence-corrected chi connectivity index (χ4v) is 3.53. The number of nitrogens with one attached hydrogen (secondary N) is 3. The summed E-state index contributed by atoms with van der Waals surface area (Å²) in [6, 6.07) is 0.977. The molecule has 2 atom stereocenters. The first-order chi connectivity index (χ1) is 12.4. The molecule has 3 heterocycles. The first-order valence-electron chi connectivity index (χ1n) is 9.11. The van der Waals surface area contributed by atoms with Crippen LogP contribution in [0.1, 0.15) is 27.7 Å². The molecule has 0 spiro atoms. The Kier molecular flexibility index (Phi) is 5.18. The van der Waals surface area contributed by atoms with Crippen LogP contribution in [-0.4, -0.2) is 51.1 Å². The number of hydrogen-bond acceptors (Lipinski definition) is 6. The van der Waals surface area contributed by atoms with Gasteiger partial charge in [-0.05, 0) is 33.8 Å². The molecule has 0 aliphatic carbocycles. The Morgan fingerprint density at radius 3 is 2.65 bits per heavy atom. The molecule has 3 N–H and O–H groups in total. The molecule has 26 heavy (non-hydrogen) atoms. The number of aromatic nitrogens is 3. The van der Waals surface area contributed by atoms with E-state index < -0.39 is 0 Å². The van der Waals surface area contributed by atoms with E-state index in [1.807, 2.05) is 18.5 Å². The van der Waals surface area contributed by atoms with Crippen LogP contribution in [0.2, 0.25) is 0 Å². The Morgan fingerprint density at radius 1 is 1.35 bits per heavy atom. The predicted molar refractivity (Wildman–Crippen MR) is 108 cm³/mol. The molecule has 0 bridgehead atoms. The zero-order valence-electron chi connectivity index (χ0n) is 16.1. The van der Waals surface area contributed by atoms with Gasteiger partial charge in [0, 0.05) is 43.1 Å². The van der Waals surface area contributed by atoms with Crippen molar-refractivity contribution in [3.8, 4) is 0 Å². The fourth-order valence-electron chi connectivity index (χ4n) is 3.53. The molecule has 2 aromatic rings. The number of nitrogens with zero attached hydrogens (tertiary/aromatic N) is 4. The second-order valence-electron chi connectivity index (χ2n) is 7.26. The Hall–Kier alpha value is -2.54. The molecule has 1 fully saturated rings. The van der Waals surface area contributed by atoms with Crippen molar-refractivity contribution in [2.75, 3.05) is 23.4 Å². The third-order valence-electron chi connectivity index (χ3n) is 4.67. The van der Waals surface area contributed by atoms with E-state index in [4.69, 9.17) is 4.98 Å². The van der Waals surface area contributed by atoms with Crippen molar-refractivity contribution in [2.24, 2.45) is 0 Å². The molecule has 3 rings (SSSR count). The SMILES string of the molecule is C=CC(=C)N1[C@H](C)CN(c2cnc3[nH]cc(NNC(C)C)c3n2)C[C@@H]1C. The van der Waals surface area contributed by atoms with Crippen molar-refractivity contribution in [3.63, 3.8) is 0 Å². The van der Waals surface area contributed by atoms with Gasteiger partial charge >= 0.3 is 0 Å². The quantitative estimate of drug-likeness (QED) is 0.547. The number of anilines is 2. The average Bonchev–Trinajstić information content (AvgIpc) is 3.01. The van der Waals surface area contributed by atoms with Crippen LogP contribution < -0.4 is 15.8 Å². The van der Waals surface area contributed by atoms with Crippen molar-refractivity contribution < 1.29 is 0 Å². The summed E-state index contributed by atoms with van der Waals surface area (Å²) in [7, 11) is 0. The smallest absolute Gasteiger partial charge is 0.158 e. The minimum atomic E-state index is 0.323. The van der Waals surface area contributed by atoms with Gasteiger partial charge in [-0.3, -0.25) is 0 Å². The number of hydrazine groups is 1. The van der Waals surface area contributed by atoms with E-state index in [2.05, 4.69) is 71.5 Å². The molecule has 0 saturated carbocycles. The van der Waals surface area contributed by atoms with Gasteiger partial charge in [0.1, 0.15) is 11.3 Å². The number of fused-ring (bicyclic) bond motifs is 1. The van der Waals surface area contributed by atoms with Crippen LogP contribution in [0, 0.1) is 0 Å². The molecule has 0 aromatic carbocycles. The first kappa shape index (κ1) is 18.3. The van der Waals surface area contributed by atoms with Gasteiger partial charge in [-0.25, -0.2) is 15.4 Å². The van der Waals surface area contributed by atoms with Crippen LogP contribution in [0.4, 0.5) is 11.5 Å². The summed E-state index contributed by atoms with van der Waals surface area (Å²) < 4.78 is 0. The zero-order valence-corrected chi connectivity index (χ0v) is 16.1. The lowest BCUT2D eigenvalue weighted by Gasteiger charge is -2.46. The summed E-state index contributed by atoms with van der Waals surface area (Å²) in [5.41, 5.74) is 9.91. The van der Waals surface area contributed by atoms with Gasteiger partial charge in [0.05, 0.1) is 11.9 Å². The van der Waals surface area contributed by atoms with Crippen molar-refractivity contribution in [3.05, 3.63) is 37.3 Å². The number of rotatable bonds is 6. The van der Waals surface area contributed by atoms with Gasteiger partial charge in [-0.2, -0.15) is 0 Å². The molecule has 7 heteroatoms. The Bertz CT molecular complexity index is 782. The topological polar surface area (TPSA) is 72.1 Å². The van der Waals surface area contributed by atoms with Crippen LogP contribution in [-0.2, 0) is 0 Å². The molecule has 1 saturated heterocycles. The average molecular weight is 355 g/mol. The number of aromatic amines is 1. The maximum absolute atomic E-state index is 4.86.